The second-order valence-electron chi connectivity index (χ2n) is 8.81. The molecule has 2 aliphatic rings. The fourth-order valence-electron chi connectivity index (χ4n) is 5.16. The highest BCUT2D eigenvalue weighted by Crippen LogP contribution is 2.39. The van der Waals surface area contributed by atoms with Crippen molar-refractivity contribution in [1.82, 2.24) is 10.2 Å². The molecule has 3 atom stereocenters. The summed E-state index contributed by atoms with van der Waals surface area (Å²) in [5.41, 5.74) is 1.39. The summed E-state index contributed by atoms with van der Waals surface area (Å²) in [4.78, 5) is 15.4. The van der Waals surface area contributed by atoms with E-state index in [0.717, 1.165) is 25.4 Å². The van der Waals surface area contributed by atoms with Crippen molar-refractivity contribution >= 4 is 5.91 Å². The van der Waals surface area contributed by atoms with E-state index >= 15 is 0 Å². The lowest BCUT2D eigenvalue weighted by Gasteiger charge is -2.28. The molecule has 0 radical (unpaired) electrons. The normalized spacial score (nSPS) is 26.6. The Bertz CT molecular complexity index is 561. The SMILES string of the molecule is CC(C)C(C(=O)N[C@H]1CC[C@@H]2CN(Cc3ccccc3)C[C@@H]21)C(C)C. The highest BCUT2D eigenvalue weighted by molar-refractivity contribution is 5.79. The second kappa shape index (κ2) is 7.90. The van der Waals surface area contributed by atoms with Gasteiger partial charge in [-0.3, -0.25) is 9.69 Å². The summed E-state index contributed by atoms with van der Waals surface area (Å²) < 4.78 is 0. The Hall–Kier alpha value is -1.35. The Labute approximate surface area is 153 Å². The monoisotopic (exact) mass is 342 g/mol. The van der Waals surface area contributed by atoms with E-state index in [4.69, 9.17) is 0 Å². The van der Waals surface area contributed by atoms with Crippen molar-refractivity contribution in [3.63, 3.8) is 0 Å². The molecule has 0 spiro atoms. The van der Waals surface area contributed by atoms with Crippen LogP contribution in [0.5, 0.6) is 0 Å². The van der Waals surface area contributed by atoms with E-state index < -0.39 is 0 Å². The summed E-state index contributed by atoms with van der Waals surface area (Å²) in [6.45, 7) is 12.0. The van der Waals surface area contributed by atoms with Gasteiger partial charge in [0, 0.05) is 31.6 Å². The van der Waals surface area contributed by atoms with E-state index in [1.54, 1.807) is 0 Å². The lowest BCUT2D eigenvalue weighted by Crippen LogP contribution is -2.45. The quantitative estimate of drug-likeness (QED) is 0.849. The molecule has 3 heteroatoms. The summed E-state index contributed by atoms with van der Waals surface area (Å²) >= 11 is 0. The number of fused-ring (bicyclic) bond motifs is 1. The standard InChI is InChI=1S/C22H34N2O/c1-15(2)21(16(3)4)22(25)23-20-11-10-18-13-24(14-19(18)20)12-17-8-6-5-7-9-17/h5-9,15-16,18-21H,10-14H2,1-4H3,(H,23,25)/t18-,19+,20+/m1/s1. The summed E-state index contributed by atoms with van der Waals surface area (Å²) in [5.74, 6) is 2.59. The molecule has 138 valence electrons. The lowest BCUT2D eigenvalue weighted by atomic mass is 9.84. The molecule has 3 nitrogen and oxygen atoms in total. The number of hydrogen-bond acceptors (Lipinski definition) is 2. The van der Waals surface area contributed by atoms with Gasteiger partial charge in [-0.15, -0.1) is 0 Å². The number of benzene rings is 1. The number of amides is 1. The molecule has 1 aliphatic carbocycles. The Morgan fingerprint density at radius 3 is 2.40 bits per heavy atom. The van der Waals surface area contributed by atoms with Crippen LogP contribution in [-0.4, -0.2) is 29.9 Å². The highest BCUT2D eigenvalue weighted by atomic mass is 16.2. The first-order chi connectivity index (χ1) is 12.0. The third-order valence-electron chi connectivity index (χ3n) is 6.25. The number of hydrogen-bond donors (Lipinski definition) is 1. The van der Waals surface area contributed by atoms with Crippen LogP contribution in [0.15, 0.2) is 30.3 Å². The number of nitrogens with one attached hydrogen (secondary N) is 1. The maximum Gasteiger partial charge on any atom is 0.223 e. The summed E-state index contributed by atoms with van der Waals surface area (Å²) in [5, 5.41) is 3.43. The lowest BCUT2D eigenvalue weighted by molar-refractivity contribution is -0.128. The minimum atomic E-state index is 0.126. The summed E-state index contributed by atoms with van der Waals surface area (Å²) in [6, 6.07) is 11.1. The first kappa shape index (κ1) is 18.4. The van der Waals surface area contributed by atoms with Gasteiger partial charge < -0.3 is 5.32 Å². The molecule has 1 heterocycles. The van der Waals surface area contributed by atoms with E-state index in [1.807, 2.05) is 0 Å². The topological polar surface area (TPSA) is 32.3 Å². The zero-order chi connectivity index (χ0) is 18.0. The molecule has 0 aromatic heterocycles. The fourth-order valence-corrected chi connectivity index (χ4v) is 5.16. The van der Waals surface area contributed by atoms with E-state index in [-0.39, 0.29) is 11.8 Å². The molecule has 1 aromatic rings. The Morgan fingerprint density at radius 2 is 1.76 bits per heavy atom. The van der Waals surface area contributed by atoms with E-state index in [9.17, 15) is 4.79 Å². The Balaban J connectivity index is 1.58. The predicted octanol–water partition coefficient (Wildman–Crippen LogP) is 3.94. The van der Waals surface area contributed by atoms with Gasteiger partial charge >= 0.3 is 0 Å². The molecule has 1 N–H and O–H groups in total. The maximum atomic E-state index is 12.8. The second-order valence-corrected chi connectivity index (χ2v) is 8.81. The maximum absolute atomic E-state index is 12.8. The van der Waals surface area contributed by atoms with Gasteiger partial charge in [-0.25, -0.2) is 0 Å². The largest absolute Gasteiger partial charge is 0.353 e. The molecule has 0 unspecified atom stereocenters. The van der Waals surface area contributed by atoms with Gasteiger partial charge in [-0.05, 0) is 42.1 Å². The van der Waals surface area contributed by atoms with Crippen molar-refractivity contribution in [2.75, 3.05) is 13.1 Å². The van der Waals surface area contributed by atoms with Crippen LogP contribution in [0.2, 0.25) is 0 Å². The van der Waals surface area contributed by atoms with Crippen molar-refractivity contribution in [3.05, 3.63) is 35.9 Å². The van der Waals surface area contributed by atoms with Gasteiger partial charge in [0.25, 0.3) is 0 Å². The van der Waals surface area contributed by atoms with Gasteiger partial charge in [-0.2, -0.15) is 0 Å². The fraction of sp³-hybridized carbons (Fsp3) is 0.682. The third kappa shape index (κ3) is 4.25. The minimum absolute atomic E-state index is 0.126. The summed E-state index contributed by atoms with van der Waals surface area (Å²) in [6.07, 6.45) is 2.41. The van der Waals surface area contributed by atoms with Crippen LogP contribution in [0, 0.1) is 29.6 Å². The predicted molar refractivity (Wildman–Crippen MR) is 103 cm³/mol. The van der Waals surface area contributed by atoms with Crippen LogP contribution in [0.3, 0.4) is 0 Å². The van der Waals surface area contributed by atoms with Gasteiger partial charge in [0.15, 0.2) is 0 Å². The van der Waals surface area contributed by atoms with Crippen LogP contribution in [0.1, 0.15) is 46.1 Å². The van der Waals surface area contributed by atoms with Gasteiger partial charge in [0.1, 0.15) is 0 Å². The average Bonchev–Trinajstić information content (AvgIpc) is 3.09. The summed E-state index contributed by atoms with van der Waals surface area (Å²) in [7, 11) is 0. The minimum Gasteiger partial charge on any atom is -0.353 e. The third-order valence-corrected chi connectivity index (χ3v) is 6.25. The highest BCUT2D eigenvalue weighted by Gasteiger charge is 2.43. The number of likely N-dealkylation sites (tertiary alicyclic amines) is 1. The molecule has 1 aromatic carbocycles. The molecule has 1 saturated carbocycles. The first-order valence-corrected chi connectivity index (χ1v) is 10.0. The molecule has 1 amide bonds. The Kier molecular flexibility index (Phi) is 5.83. The van der Waals surface area contributed by atoms with Gasteiger partial charge in [-0.1, -0.05) is 58.0 Å². The number of rotatable bonds is 6. The molecule has 0 bridgehead atoms. The molecular weight excluding hydrogens is 308 g/mol. The van der Waals surface area contributed by atoms with Crippen LogP contribution in [0.4, 0.5) is 0 Å². The Morgan fingerprint density at radius 1 is 1.08 bits per heavy atom. The van der Waals surface area contributed by atoms with E-state index in [2.05, 4.69) is 68.2 Å². The van der Waals surface area contributed by atoms with Crippen LogP contribution >= 0.6 is 0 Å². The van der Waals surface area contributed by atoms with Crippen molar-refractivity contribution in [2.24, 2.45) is 29.6 Å². The molecule has 2 fully saturated rings. The molecule has 1 aliphatic heterocycles. The number of carbonyl (C=O) groups excluding carboxylic acids is 1. The van der Waals surface area contributed by atoms with Crippen LogP contribution in [-0.2, 0) is 11.3 Å². The van der Waals surface area contributed by atoms with Crippen LogP contribution < -0.4 is 5.32 Å². The molecule has 1 saturated heterocycles. The smallest absolute Gasteiger partial charge is 0.223 e. The molecular formula is C22H34N2O. The first-order valence-electron chi connectivity index (χ1n) is 10.0. The number of nitrogens with zero attached hydrogens (tertiary/aromatic N) is 1. The van der Waals surface area contributed by atoms with E-state index in [0.29, 0.717) is 23.8 Å². The van der Waals surface area contributed by atoms with Gasteiger partial charge in [0.2, 0.25) is 5.91 Å². The molecule has 3 rings (SSSR count). The average molecular weight is 343 g/mol. The van der Waals surface area contributed by atoms with E-state index in [1.165, 1.54) is 18.5 Å². The van der Waals surface area contributed by atoms with Gasteiger partial charge in [0.05, 0.1) is 0 Å². The van der Waals surface area contributed by atoms with Crippen molar-refractivity contribution < 1.29 is 4.79 Å². The number of carbonyl (C=O) groups is 1. The zero-order valence-corrected chi connectivity index (χ0v) is 16.2. The zero-order valence-electron chi connectivity index (χ0n) is 16.2. The van der Waals surface area contributed by atoms with Crippen molar-refractivity contribution in [3.8, 4) is 0 Å². The van der Waals surface area contributed by atoms with Crippen molar-refractivity contribution in [1.29, 1.82) is 0 Å². The van der Waals surface area contributed by atoms with Crippen LogP contribution in [0.25, 0.3) is 0 Å². The van der Waals surface area contributed by atoms with Crippen molar-refractivity contribution in [2.45, 2.75) is 53.1 Å². The molecule has 25 heavy (non-hydrogen) atoms.